The zero-order valence-corrected chi connectivity index (χ0v) is 13.1. The van der Waals surface area contributed by atoms with Gasteiger partial charge in [0.25, 0.3) is 0 Å². The van der Waals surface area contributed by atoms with E-state index in [0.717, 1.165) is 19.4 Å². The van der Waals surface area contributed by atoms with Gasteiger partial charge in [-0.05, 0) is 19.3 Å². The minimum atomic E-state index is -3.46. The van der Waals surface area contributed by atoms with Crippen molar-refractivity contribution in [3.63, 3.8) is 0 Å². The highest BCUT2D eigenvalue weighted by atomic mass is 35.5. The molecule has 2 heterocycles. The number of hydrogen-bond donors (Lipinski definition) is 0. The number of hydrogen-bond acceptors (Lipinski definition) is 5. The van der Waals surface area contributed by atoms with Crippen LogP contribution in [0.5, 0.6) is 11.5 Å². The molecule has 2 aliphatic heterocycles. The Hall–Kier alpha value is -0.980. The Morgan fingerprint density at radius 1 is 1.14 bits per heavy atom. The number of halogens is 1. The molecule has 0 aliphatic carbocycles. The summed E-state index contributed by atoms with van der Waals surface area (Å²) >= 11 is 6.10. The van der Waals surface area contributed by atoms with E-state index in [9.17, 15) is 8.42 Å². The highest BCUT2D eigenvalue weighted by Gasteiger charge is 2.25. The van der Waals surface area contributed by atoms with Gasteiger partial charge in [0.15, 0.2) is 21.3 Å². The molecule has 1 aromatic carbocycles. The van der Waals surface area contributed by atoms with Gasteiger partial charge in [-0.1, -0.05) is 11.6 Å². The Labute approximate surface area is 129 Å². The summed E-state index contributed by atoms with van der Waals surface area (Å²) in [5.41, 5.74) is 0. The second-order valence-electron chi connectivity index (χ2n) is 5.17. The lowest BCUT2D eigenvalue weighted by molar-refractivity contribution is 0.109. The standard InChI is InChI=1S/C14H17ClO5S/c15-11-8-12-13(20-6-5-19-12)9-14(11)21(16,17)7-3-10-2-1-4-18-10/h8-10H,1-7H2. The topological polar surface area (TPSA) is 61.8 Å². The van der Waals surface area contributed by atoms with Gasteiger partial charge in [-0.2, -0.15) is 0 Å². The first-order chi connectivity index (χ1) is 10.1. The molecule has 1 saturated heterocycles. The molecule has 2 aliphatic rings. The van der Waals surface area contributed by atoms with Crippen LogP contribution in [0.25, 0.3) is 0 Å². The third-order valence-corrected chi connectivity index (χ3v) is 5.87. The van der Waals surface area contributed by atoms with Crippen molar-refractivity contribution in [2.24, 2.45) is 0 Å². The van der Waals surface area contributed by atoms with Crippen LogP contribution in [0.4, 0.5) is 0 Å². The second-order valence-corrected chi connectivity index (χ2v) is 7.65. The highest BCUT2D eigenvalue weighted by Crippen LogP contribution is 2.37. The average Bonchev–Trinajstić information content (AvgIpc) is 2.98. The van der Waals surface area contributed by atoms with Crippen molar-refractivity contribution in [3.8, 4) is 11.5 Å². The normalized spacial score (nSPS) is 21.5. The third kappa shape index (κ3) is 3.27. The van der Waals surface area contributed by atoms with Gasteiger partial charge in [-0.15, -0.1) is 0 Å². The summed E-state index contributed by atoms with van der Waals surface area (Å²) in [6.45, 7) is 1.56. The number of fused-ring (bicyclic) bond motifs is 1. The first-order valence-electron chi connectivity index (χ1n) is 7.00. The van der Waals surface area contributed by atoms with Crippen LogP contribution in [0.3, 0.4) is 0 Å². The summed E-state index contributed by atoms with van der Waals surface area (Å²) < 4.78 is 41.2. The van der Waals surface area contributed by atoms with Crippen molar-refractivity contribution < 1.29 is 22.6 Å². The van der Waals surface area contributed by atoms with Crippen LogP contribution in [0.1, 0.15) is 19.3 Å². The smallest absolute Gasteiger partial charge is 0.180 e. The fourth-order valence-corrected chi connectivity index (χ4v) is 4.49. The minimum Gasteiger partial charge on any atom is -0.486 e. The van der Waals surface area contributed by atoms with Crippen LogP contribution < -0.4 is 9.47 Å². The number of benzene rings is 1. The Kier molecular flexibility index (Phi) is 4.28. The molecule has 1 atom stereocenters. The SMILES string of the molecule is O=S(=O)(CCC1CCCO1)c1cc2c(cc1Cl)OCCO2. The molecule has 116 valence electrons. The van der Waals surface area contributed by atoms with Crippen LogP contribution in [0.15, 0.2) is 17.0 Å². The van der Waals surface area contributed by atoms with Crippen LogP contribution in [0, 0.1) is 0 Å². The van der Waals surface area contributed by atoms with Gasteiger partial charge in [0.2, 0.25) is 0 Å². The molecular weight excluding hydrogens is 316 g/mol. The van der Waals surface area contributed by atoms with E-state index in [1.165, 1.54) is 12.1 Å². The van der Waals surface area contributed by atoms with Crippen LogP contribution >= 0.6 is 11.6 Å². The highest BCUT2D eigenvalue weighted by molar-refractivity contribution is 7.91. The van der Waals surface area contributed by atoms with Gasteiger partial charge in [-0.3, -0.25) is 0 Å². The van der Waals surface area contributed by atoms with Gasteiger partial charge >= 0.3 is 0 Å². The van der Waals surface area contributed by atoms with Crippen molar-refractivity contribution in [1.82, 2.24) is 0 Å². The van der Waals surface area contributed by atoms with E-state index in [4.69, 9.17) is 25.8 Å². The maximum Gasteiger partial charge on any atom is 0.180 e. The minimum absolute atomic E-state index is 0.0248. The fraction of sp³-hybridized carbons (Fsp3) is 0.571. The molecule has 5 nitrogen and oxygen atoms in total. The van der Waals surface area contributed by atoms with E-state index in [1.54, 1.807) is 0 Å². The third-order valence-electron chi connectivity index (χ3n) is 3.66. The summed E-state index contributed by atoms with van der Waals surface area (Å²) in [5.74, 6) is 0.947. The molecule has 1 fully saturated rings. The van der Waals surface area contributed by atoms with Gasteiger partial charge < -0.3 is 14.2 Å². The maximum atomic E-state index is 12.5. The van der Waals surface area contributed by atoms with E-state index >= 15 is 0 Å². The van der Waals surface area contributed by atoms with Crippen LogP contribution in [-0.4, -0.2) is 40.1 Å². The molecule has 7 heteroatoms. The number of ether oxygens (including phenoxy) is 3. The van der Waals surface area contributed by atoms with E-state index in [1.807, 2.05) is 0 Å². The van der Waals surface area contributed by atoms with Crippen molar-refractivity contribution in [2.45, 2.75) is 30.3 Å². The molecule has 0 amide bonds. The van der Waals surface area contributed by atoms with Crippen LogP contribution in [-0.2, 0) is 14.6 Å². The first-order valence-corrected chi connectivity index (χ1v) is 9.03. The predicted octanol–water partition coefficient (Wildman–Crippen LogP) is 2.45. The molecule has 0 radical (unpaired) electrons. The predicted molar refractivity (Wildman–Crippen MR) is 78.1 cm³/mol. The second kappa shape index (κ2) is 6.02. The summed E-state index contributed by atoms with van der Waals surface area (Å²) in [4.78, 5) is 0.103. The van der Waals surface area contributed by atoms with E-state index in [0.29, 0.717) is 31.1 Å². The van der Waals surface area contributed by atoms with E-state index in [2.05, 4.69) is 0 Å². The van der Waals surface area contributed by atoms with Crippen LogP contribution in [0.2, 0.25) is 5.02 Å². The molecule has 1 unspecified atom stereocenters. The Morgan fingerprint density at radius 3 is 2.52 bits per heavy atom. The lowest BCUT2D eigenvalue weighted by Crippen LogP contribution is -2.17. The molecule has 0 N–H and O–H groups in total. The maximum absolute atomic E-state index is 12.5. The van der Waals surface area contributed by atoms with Gasteiger partial charge in [0.05, 0.1) is 21.8 Å². The molecule has 1 aromatic rings. The fourth-order valence-electron chi connectivity index (χ4n) is 2.55. The molecule has 0 saturated carbocycles. The number of sulfone groups is 1. The molecular formula is C14H17ClO5S. The monoisotopic (exact) mass is 332 g/mol. The van der Waals surface area contributed by atoms with E-state index < -0.39 is 9.84 Å². The van der Waals surface area contributed by atoms with Gasteiger partial charge in [-0.25, -0.2) is 8.42 Å². The molecule has 0 bridgehead atoms. The molecule has 0 aromatic heterocycles. The first kappa shape index (κ1) is 14.9. The van der Waals surface area contributed by atoms with Crippen molar-refractivity contribution in [3.05, 3.63) is 17.2 Å². The zero-order chi connectivity index (χ0) is 14.9. The van der Waals surface area contributed by atoms with Crippen molar-refractivity contribution in [2.75, 3.05) is 25.6 Å². The quantitative estimate of drug-likeness (QED) is 0.847. The van der Waals surface area contributed by atoms with Gasteiger partial charge in [0.1, 0.15) is 13.2 Å². The Morgan fingerprint density at radius 2 is 1.86 bits per heavy atom. The lowest BCUT2D eigenvalue weighted by Gasteiger charge is -2.20. The Balaban J connectivity index is 1.80. The summed E-state index contributed by atoms with van der Waals surface area (Å²) in [6.07, 6.45) is 2.45. The lowest BCUT2D eigenvalue weighted by atomic mass is 10.2. The largest absolute Gasteiger partial charge is 0.486 e. The zero-order valence-electron chi connectivity index (χ0n) is 11.5. The number of rotatable bonds is 4. The van der Waals surface area contributed by atoms with E-state index in [-0.39, 0.29) is 21.8 Å². The average molecular weight is 333 g/mol. The Bertz CT molecular complexity index is 622. The summed E-state index contributed by atoms with van der Waals surface area (Å²) in [5, 5.41) is 0.173. The molecule has 0 spiro atoms. The van der Waals surface area contributed by atoms with Crippen molar-refractivity contribution in [1.29, 1.82) is 0 Å². The molecule has 3 rings (SSSR count). The molecule has 21 heavy (non-hydrogen) atoms. The van der Waals surface area contributed by atoms with Crippen molar-refractivity contribution >= 4 is 21.4 Å². The van der Waals surface area contributed by atoms with Gasteiger partial charge in [0, 0.05) is 18.7 Å². The summed E-state index contributed by atoms with van der Waals surface area (Å²) in [6, 6.07) is 2.97. The summed E-state index contributed by atoms with van der Waals surface area (Å²) in [7, 11) is -3.46.